The van der Waals surface area contributed by atoms with E-state index < -0.39 is 0 Å². The van der Waals surface area contributed by atoms with Crippen LogP contribution in [0.5, 0.6) is 0 Å². The number of aliphatic hydroxyl groups excluding tert-OH is 1. The van der Waals surface area contributed by atoms with Crippen molar-refractivity contribution in [1.82, 2.24) is 9.47 Å². The van der Waals surface area contributed by atoms with Crippen molar-refractivity contribution in [3.05, 3.63) is 23.5 Å². The van der Waals surface area contributed by atoms with Gasteiger partial charge >= 0.3 is 0 Å². The van der Waals surface area contributed by atoms with Crippen LogP contribution < -0.4 is 0 Å². The fourth-order valence-corrected chi connectivity index (χ4v) is 2.93. The van der Waals surface area contributed by atoms with Gasteiger partial charge < -0.3 is 14.6 Å². The van der Waals surface area contributed by atoms with Gasteiger partial charge in [0, 0.05) is 30.5 Å². The second kappa shape index (κ2) is 6.39. The molecule has 0 bridgehead atoms. The van der Waals surface area contributed by atoms with E-state index >= 15 is 0 Å². The third-order valence-electron chi connectivity index (χ3n) is 4.01. The van der Waals surface area contributed by atoms with Crippen LogP contribution in [0.25, 0.3) is 0 Å². The van der Waals surface area contributed by atoms with Gasteiger partial charge in [0.05, 0.1) is 6.10 Å². The molecular weight excluding hydrogens is 224 g/mol. The zero-order valence-electron chi connectivity index (χ0n) is 11.7. The maximum absolute atomic E-state index is 9.96. The Morgan fingerprint density at radius 2 is 2.22 bits per heavy atom. The molecule has 3 nitrogen and oxygen atoms in total. The van der Waals surface area contributed by atoms with Crippen LogP contribution in [0.2, 0.25) is 0 Å². The highest BCUT2D eigenvalue weighted by atomic mass is 16.3. The van der Waals surface area contributed by atoms with E-state index in [0.717, 1.165) is 38.9 Å². The molecule has 0 aliphatic heterocycles. The van der Waals surface area contributed by atoms with Crippen LogP contribution in [0.3, 0.4) is 0 Å². The Kier molecular flexibility index (Phi) is 4.84. The Hall–Kier alpha value is -0.800. The summed E-state index contributed by atoms with van der Waals surface area (Å²) in [5.41, 5.74) is 2.53. The van der Waals surface area contributed by atoms with E-state index in [1.165, 1.54) is 24.2 Å². The molecule has 1 aliphatic carbocycles. The molecule has 102 valence electrons. The minimum absolute atomic E-state index is 0.229. The van der Waals surface area contributed by atoms with E-state index in [-0.39, 0.29) is 6.10 Å². The largest absolute Gasteiger partial charge is 0.388 e. The third kappa shape index (κ3) is 2.96. The van der Waals surface area contributed by atoms with Crippen LogP contribution in [0.15, 0.2) is 12.3 Å². The first-order valence-electron chi connectivity index (χ1n) is 7.34. The highest BCUT2D eigenvalue weighted by Crippen LogP contribution is 2.30. The van der Waals surface area contributed by atoms with Gasteiger partial charge in [-0.3, -0.25) is 0 Å². The minimum Gasteiger partial charge on any atom is -0.388 e. The van der Waals surface area contributed by atoms with E-state index in [0.29, 0.717) is 0 Å². The number of nitrogens with zero attached hydrogens (tertiary/aromatic N) is 2. The lowest BCUT2D eigenvalue weighted by Crippen LogP contribution is -2.28. The molecule has 1 heterocycles. The molecule has 1 atom stereocenters. The quantitative estimate of drug-likeness (QED) is 0.840. The van der Waals surface area contributed by atoms with Crippen LogP contribution in [0, 0.1) is 0 Å². The highest BCUT2D eigenvalue weighted by Gasteiger charge is 2.20. The number of hydrogen-bond acceptors (Lipinski definition) is 2. The Bertz CT molecular complexity index is 373. The minimum atomic E-state index is -0.229. The van der Waals surface area contributed by atoms with Crippen molar-refractivity contribution in [3.8, 4) is 0 Å². The molecule has 1 aromatic heterocycles. The zero-order valence-corrected chi connectivity index (χ0v) is 11.7. The molecule has 0 radical (unpaired) electrons. The first kappa shape index (κ1) is 13.6. The predicted molar refractivity (Wildman–Crippen MR) is 74.7 cm³/mol. The van der Waals surface area contributed by atoms with Crippen LogP contribution >= 0.6 is 0 Å². The lowest BCUT2D eigenvalue weighted by molar-refractivity contribution is 0.155. The van der Waals surface area contributed by atoms with E-state index in [1.54, 1.807) is 0 Å². The van der Waals surface area contributed by atoms with Crippen molar-refractivity contribution < 1.29 is 5.11 Å². The van der Waals surface area contributed by atoms with Crippen molar-refractivity contribution >= 4 is 0 Å². The fraction of sp³-hybridized carbons (Fsp3) is 0.733. The summed E-state index contributed by atoms with van der Waals surface area (Å²) in [6.07, 6.45) is 6.31. The molecule has 1 aliphatic rings. The Labute approximate surface area is 110 Å². The number of fused-ring (bicyclic) bond motifs is 1. The topological polar surface area (TPSA) is 28.4 Å². The molecule has 0 saturated heterocycles. The van der Waals surface area contributed by atoms with Gasteiger partial charge in [-0.2, -0.15) is 0 Å². The Balaban J connectivity index is 1.98. The average Bonchev–Trinajstić information content (AvgIpc) is 2.79. The van der Waals surface area contributed by atoms with E-state index in [4.69, 9.17) is 0 Å². The number of likely N-dealkylation sites (N-methyl/N-ethyl adjacent to an activating group) is 1. The fourth-order valence-electron chi connectivity index (χ4n) is 2.93. The molecule has 0 saturated carbocycles. The predicted octanol–water partition coefficient (Wildman–Crippen LogP) is 2.59. The number of hydrogen-bond donors (Lipinski definition) is 1. The van der Waals surface area contributed by atoms with Gasteiger partial charge in [0.25, 0.3) is 0 Å². The van der Waals surface area contributed by atoms with Crippen molar-refractivity contribution in [1.29, 1.82) is 0 Å². The standard InChI is InChI=1S/C15H26N2O/c1-3-9-16(4-2)11-12-17-10-8-13-14(17)6-5-7-15(13)18/h8,10,15,18H,3-7,9,11-12H2,1-2H3. The summed E-state index contributed by atoms with van der Waals surface area (Å²) in [4.78, 5) is 2.49. The molecule has 2 rings (SSSR count). The summed E-state index contributed by atoms with van der Waals surface area (Å²) < 4.78 is 2.34. The van der Waals surface area contributed by atoms with E-state index in [9.17, 15) is 5.11 Å². The third-order valence-corrected chi connectivity index (χ3v) is 4.01. The monoisotopic (exact) mass is 250 g/mol. The van der Waals surface area contributed by atoms with Crippen LogP contribution in [0.1, 0.15) is 50.5 Å². The summed E-state index contributed by atoms with van der Waals surface area (Å²) >= 11 is 0. The zero-order chi connectivity index (χ0) is 13.0. The van der Waals surface area contributed by atoms with Crippen LogP contribution in [0.4, 0.5) is 0 Å². The van der Waals surface area contributed by atoms with Crippen LogP contribution in [-0.2, 0) is 13.0 Å². The molecule has 1 aromatic rings. The molecular formula is C15H26N2O. The second-order valence-corrected chi connectivity index (χ2v) is 5.25. The van der Waals surface area contributed by atoms with E-state index in [2.05, 4.69) is 35.6 Å². The lowest BCUT2D eigenvalue weighted by atomic mass is 9.95. The van der Waals surface area contributed by atoms with Gasteiger partial charge in [0.15, 0.2) is 0 Å². The summed E-state index contributed by atoms with van der Waals surface area (Å²) in [5.74, 6) is 0. The highest BCUT2D eigenvalue weighted by molar-refractivity contribution is 5.27. The lowest BCUT2D eigenvalue weighted by Gasteiger charge is -2.23. The first-order chi connectivity index (χ1) is 8.76. The van der Waals surface area contributed by atoms with Crippen molar-refractivity contribution in [2.45, 2.75) is 52.2 Å². The second-order valence-electron chi connectivity index (χ2n) is 5.25. The summed E-state index contributed by atoms with van der Waals surface area (Å²) in [7, 11) is 0. The maximum Gasteiger partial charge on any atom is 0.0807 e. The molecule has 1 unspecified atom stereocenters. The first-order valence-corrected chi connectivity index (χ1v) is 7.34. The summed E-state index contributed by atoms with van der Waals surface area (Å²) in [6, 6.07) is 2.11. The van der Waals surface area contributed by atoms with Gasteiger partial charge in [-0.1, -0.05) is 13.8 Å². The van der Waals surface area contributed by atoms with Crippen molar-refractivity contribution in [2.75, 3.05) is 19.6 Å². The number of rotatable bonds is 6. The average molecular weight is 250 g/mol. The molecule has 0 amide bonds. The SMILES string of the molecule is CCCN(CC)CCn1ccc2c1CCCC2O. The van der Waals surface area contributed by atoms with Crippen molar-refractivity contribution in [2.24, 2.45) is 0 Å². The van der Waals surface area contributed by atoms with Crippen molar-refractivity contribution in [3.63, 3.8) is 0 Å². The maximum atomic E-state index is 9.96. The van der Waals surface area contributed by atoms with Gasteiger partial charge in [0.2, 0.25) is 0 Å². The van der Waals surface area contributed by atoms with Gasteiger partial charge in [-0.15, -0.1) is 0 Å². The van der Waals surface area contributed by atoms with Gasteiger partial charge in [-0.05, 0) is 44.8 Å². The Morgan fingerprint density at radius 1 is 1.39 bits per heavy atom. The summed E-state index contributed by atoms with van der Waals surface area (Å²) in [5, 5.41) is 9.96. The molecule has 0 spiro atoms. The van der Waals surface area contributed by atoms with E-state index in [1.807, 2.05) is 0 Å². The number of aromatic nitrogens is 1. The molecule has 3 heteroatoms. The van der Waals surface area contributed by atoms with Gasteiger partial charge in [0.1, 0.15) is 0 Å². The number of aliphatic hydroxyl groups is 1. The normalized spacial score (nSPS) is 19.2. The van der Waals surface area contributed by atoms with Gasteiger partial charge in [-0.25, -0.2) is 0 Å². The molecule has 18 heavy (non-hydrogen) atoms. The smallest absolute Gasteiger partial charge is 0.0807 e. The summed E-state index contributed by atoms with van der Waals surface area (Å²) in [6.45, 7) is 8.93. The van der Waals surface area contributed by atoms with Crippen LogP contribution in [-0.4, -0.2) is 34.2 Å². The molecule has 0 fully saturated rings. The molecule has 1 N–H and O–H groups in total. The Morgan fingerprint density at radius 3 is 2.94 bits per heavy atom. The molecule has 0 aromatic carbocycles.